The molecule has 16 heavy (non-hydrogen) atoms. The third-order valence-electron chi connectivity index (χ3n) is 1.42. The molecule has 0 aliphatic carbocycles. The molecule has 0 spiro atoms. The summed E-state index contributed by atoms with van der Waals surface area (Å²) in [5.74, 6) is 0.0258. The van der Waals surface area contributed by atoms with Crippen LogP contribution in [0.2, 0.25) is 0 Å². The molecule has 1 heterocycles. The van der Waals surface area contributed by atoms with Gasteiger partial charge in [0.25, 0.3) is 0 Å². The number of nitrogen functional groups attached to an aromatic ring is 1. The fourth-order valence-electron chi connectivity index (χ4n) is 0.936. The van der Waals surface area contributed by atoms with Crippen LogP contribution in [0, 0.1) is 0 Å². The molecule has 9 heteroatoms. The van der Waals surface area contributed by atoms with E-state index in [9.17, 15) is 16.8 Å². The molecule has 0 saturated heterocycles. The van der Waals surface area contributed by atoms with Gasteiger partial charge in [-0.3, -0.25) is 4.72 Å². The van der Waals surface area contributed by atoms with Crippen LogP contribution in [0.25, 0.3) is 0 Å². The summed E-state index contributed by atoms with van der Waals surface area (Å²) in [5, 5.41) is -0.980. The minimum atomic E-state index is -3.95. The van der Waals surface area contributed by atoms with Crippen LogP contribution in [0.4, 0.5) is 11.5 Å². The molecule has 0 aromatic carbocycles. The van der Waals surface area contributed by atoms with Gasteiger partial charge in [0.1, 0.15) is 5.82 Å². The Labute approximate surface area is 93.7 Å². The minimum absolute atomic E-state index is 0.0258. The Morgan fingerprint density at radius 2 is 1.94 bits per heavy atom. The molecule has 0 amide bonds. The molecular weight excluding hydrogens is 254 g/mol. The van der Waals surface area contributed by atoms with Crippen molar-refractivity contribution in [2.24, 2.45) is 0 Å². The number of anilines is 2. The van der Waals surface area contributed by atoms with Crippen molar-refractivity contribution in [1.29, 1.82) is 0 Å². The topological polar surface area (TPSA) is 119 Å². The van der Waals surface area contributed by atoms with Gasteiger partial charge in [-0.05, 0) is 12.1 Å². The molecule has 0 unspecified atom stereocenters. The highest BCUT2D eigenvalue weighted by molar-refractivity contribution is 8.08. The lowest BCUT2D eigenvalue weighted by Gasteiger charge is -2.05. The van der Waals surface area contributed by atoms with Crippen LogP contribution in [0.3, 0.4) is 0 Å². The SMILES string of the molecule is CS(=O)(=O)CS(=O)(=O)Nc1ccc(N)cn1. The van der Waals surface area contributed by atoms with Crippen molar-refractivity contribution in [3.05, 3.63) is 18.3 Å². The second-order valence-electron chi connectivity index (χ2n) is 3.24. The van der Waals surface area contributed by atoms with E-state index in [1.165, 1.54) is 18.3 Å². The maximum Gasteiger partial charge on any atom is 0.248 e. The Morgan fingerprint density at radius 1 is 1.31 bits per heavy atom. The van der Waals surface area contributed by atoms with Crippen molar-refractivity contribution in [1.82, 2.24) is 4.98 Å². The van der Waals surface area contributed by atoms with Gasteiger partial charge in [-0.1, -0.05) is 0 Å². The second-order valence-corrected chi connectivity index (χ2v) is 7.47. The highest BCUT2D eigenvalue weighted by atomic mass is 32.3. The van der Waals surface area contributed by atoms with Crippen LogP contribution in [0.15, 0.2) is 18.3 Å². The fourth-order valence-corrected chi connectivity index (χ4v) is 3.87. The fraction of sp³-hybridized carbons (Fsp3) is 0.286. The first-order valence-corrected chi connectivity index (χ1v) is 7.79. The predicted molar refractivity (Wildman–Crippen MR) is 60.9 cm³/mol. The van der Waals surface area contributed by atoms with Gasteiger partial charge in [-0.2, -0.15) is 0 Å². The lowest BCUT2D eigenvalue weighted by atomic mass is 10.4. The maximum absolute atomic E-state index is 11.3. The van der Waals surface area contributed by atoms with Crippen LogP contribution in [-0.4, -0.2) is 33.2 Å². The molecule has 0 bridgehead atoms. The molecule has 0 aliphatic rings. The van der Waals surface area contributed by atoms with Gasteiger partial charge < -0.3 is 5.73 Å². The van der Waals surface area contributed by atoms with Crippen LogP contribution in [-0.2, 0) is 19.9 Å². The van der Waals surface area contributed by atoms with Gasteiger partial charge >= 0.3 is 0 Å². The Balaban J connectivity index is 2.85. The average Bonchev–Trinajstić information content (AvgIpc) is 2.04. The largest absolute Gasteiger partial charge is 0.397 e. The number of rotatable bonds is 4. The van der Waals surface area contributed by atoms with E-state index in [1.54, 1.807) is 0 Å². The summed E-state index contributed by atoms with van der Waals surface area (Å²) in [5.41, 5.74) is 5.74. The van der Waals surface area contributed by atoms with E-state index in [-0.39, 0.29) is 5.82 Å². The molecule has 0 aliphatic heterocycles. The summed E-state index contributed by atoms with van der Waals surface area (Å²) in [6.07, 6.45) is 2.10. The highest BCUT2D eigenvalue weighted by Gasteiger charge is 2.18. The molecule has 90 valence electrons. The van der Waals surface area contributed by atoms with Gasteiger partial charge in [0, 0.05) is 6.26 Å². The molecule has 0 atom stereocenters. The van der Waals surface area contributed by atoms with Gasteiger partial charge in [0.2, 0.25) is 10.0 Å². The monoisotopic (exact) mass is 265 g/mol. The number of pyridine rings is 1. The third kappa shape index (κ3) is 4.45. The van der Waals surface area contributed by atoms with Gasteiger partial charge in [0.05, 0.1) is 11.9 Å². The predicted octanol–water partition coefficient (Wildman–Crippen LogP) is -0.592. The van der Waals surface area contributed by atoms with Crippen LogP contribution >= 0.6 is 0 Å². The molecule has 7 nitrogen and oxygen atoms in total. The Bertz CT molecular complexity index is 562. The molecule has 0 fully saturated rings. The first-order valence-electron chi connectivity index (χ1n) is 4.08. The van der Waals surface area contributed by atoms with Gasteiger partial charge in [0.15, 0.2) is 14.9 Å². The first kappa shape index (κ1) is 12.7. The van der Waals surface area contributed by atoms with E-state index < -0.39 is 24.9 Å². The van der Waals surface area contributed by atoms with E-state index in [2.05, 4.69) is 4.98 Å². The number of hydrogen-bond acceptors (Lipinski definition) is 6. The molecule has 1 rings (SSSR count). The lowest BCUT2D eigenvalue weighted by molar-refractivity contribution is 0.595. The number of nitrogens with two attached hydrogens (primary N) is 1. The van der Waals surface area contributed by atoms with E-state index in [0.717, 1.165) is 6.26 Å². The molecule has 0 radical (unpaired) electrons. The number of aromatic nitrogens is 1. The Morgan fingerprint density at radius 3 is 2.38 bits per heavy atom. The van der Waals surface area contributed by atoms with Gasteiger partial charge in [-0.25, -0.2) is 21.8 Å². The summed E-state index contributed by atoms with van der Waals surface area (Å²) in [6, 6.07) is 2.79. The number of nitrogens with zero attached hydrogens (tertiary/aromatic N) is 1. The Kier molecular flexibility index (Phi) is 3.38. The summed E-state index contributed by atoms with van der Waals surface area (Å²) in [4.78, 5) is 3.68. The summed E-state index contributed by atoms with van der Waals surface area (Å²) >= 11 is 0. The van der Waals surface area contributed by atoms with Crippen molar-refractivity contribution < 1.29 is 16.8 Å². The van der Waals surface area contributed by atoms with E-state index in [4.69, 9.17) is 5.73 Å². The minimum Gasteiger partial charge on any atom is -0.397 e. The number of nitrogens with one attached hydrogen (secondary N) is 1. The molecule has 1 aromatic heterocycles. The maximum atomic E-state index is 11.3. The smallest absolute Gasteiger partial charge is 0.248 e. The zero-order valence-corrected chi connectivity index (χ0v) is 10.0. The van der Waals surface area contributed by atoms with Crippen molar-refractivity contribution in [3.63, 3.8) is 0 Å². The quantitative estimate of drug-likeness (QED) is 0.750. The van der Waals surface area contributed by atoms with Crippen molar-refractivity contribution in [2.75, 3.05) is 21.8 Å². The Hall–Kier alpha value is -1.35. The average molecular weight is 265 g/mol. The second kappa shape index (κ2) is 4.26. The van der Waals surface area contributed by atoms with Crippen molar-refractivity contribution in [2.45, 2.75) is 0 Å². The highest BCUT2D eigenvalue weighted by Crippen LogP contribution is 2.08. The van der Waals surface area contributed by atoms with Gasteiger partial charge in [-0.15, -0.1) is 0 Å². The lowest BCUT2D eigenvalue weighted by Crippen LogP contribution is -2.22. The van der Waals surface area contributed by atoms with E-state index in [1.807, 2.05) is 4.72 Å². The van der Waals surface area contributed by atoms with Crippen LogP contribution < -0.4 is 10.5 Å². The molecule has 3 N–H and O–H groups in total. The van der Waals surface area contributed by atoms with E-state index in [0.29, 0.717) is 5.69 Å². The number of sulfone groups is 1. The summed E-state index contributed by atoms with van der Waals surface area (Å²) < 4.78 is 46.4. The van der Waals surface area contributed by atoms with Crippen LogP contribution in [0.1, 0.15) is 0 Å². The zero-order valence-electron chi connectivity index (χ0n) is 8.41. The zero-order chi connectivity index (χ0) is 12.4. The number of hydrogen-bond donors (Lipinski definition) is 2. The number of sulfonamides is 1. The van der Waals surface area contributed by atoms with Crippen LogP contribution in [0.5, 0.6) is 0 Å². The summed E-state index contributed by atoms with van der Waals surface area (Å²) in [7, 11) is -7.56. The molecule has 0 saturated carbocycles. The van der Waals surface area contributed by atoms with Crippen molar-refractivity contribution in [3.8, 4) is 0 Å². The normalized spacial score (nSPS) is 12.3. The van der Waals surface area contributed by atoms with Crippen molar-refractivity contribution >= 4 is 31.4 Å². The summed E-state index contributed by atoms with van der Waals surface area (Å²) in [6.45, 7) is 0. The first-order chi connectivity index (χ1) is 7.18. The molecular formula is C7H11N3O4S2. The van der Waals surface area contributed by atoms with E-state index >= 15 is 0 Å². The molecule has 1 aromatic rings. The standard InChI is InChI=1S/C7H11N3O4S2/c1-15(11,12)5-16(13,14)10-7-3-2-6(8)4-9-7/h2-4H,5,8H2,1H3,(H,9,10). The third-order valence-corrected chi connectivity index (χ3v) is 4.89.